The van der Waals surface area contributed by atoms with Gasteiger partial charge < -0.3 is 5.32 Å². The minimum Gasteiger partial charge on any atom is -0.326 e. The summed E-state index contributed by atoms with van der Waals surface area (Å²) in [7, 11) is 0. The Labute approximate surface area is 169 Å². The van der Waals surface area contributed by atoms with Crippen LogP contribution in [0.3, 0.4) is 0 Å². The molecular weight excluding hydrogens is 374 g/mol. The van der Waals surface area contributed by atoms with Gasteiger partial charge in [-0.25, -0.2) is 9.69 Å². The minimum atomic E-state index is -0.951. The third-order valence-electron chi connectivity index (χ3n) is 5.60. The van der Waals surface area contributed by atoms with Crippen molar-refractivity contribution in [2.24, 2.45) is 5.92 Å². The normalized spacial score (nSPS) is 22.2. The fourth-order valence-electron chi connectivity index (χ4n) is 3.86. The number of carbonyl (C=O) groups excluding carboxylic acids is 5. The zero-order valence-corrected chi connectivity index (χ0v) is 16.6. The van der Waals surface area contributed by atoms with Gasteiger partial charge in [-0.2, -0.15) is 0 Å². The molecule has 0 bridgehead atoms. The molecule has 2 aliphatic rings. The molecule has 1 N–H and O–H groups in total. The lowest BCUT2D eigenvalue weighted by molar-refractivity contribution is -0.144. The number of rotatable bonds is 6. The van der Waals surface area contributed by atoms with Crippen molar-refractivity contribution in [1.29, 1.82) is 0 Å². The van der Waals surface area contributed by atoms with Gasteiger partial charge in [0.25, 0.3) is 0 Å². The van der Waals surface area contributed by atoms with Gasteiger partial charge in [0.2, 0.25) is 5.91 Å². The standard InChI is InChI=1S/C21H25N3O5/c1-3-18(26)22-15-10-8-14(9-11-15)17(25)12-23-19(27)20(28)24(21(23)29)16-7-5-4-6-13(16)2/h8-11,13,16H,3-7,12H2,1-2H3,(H,22,26)/t13-,16-/m0/s1. The SMILES string of the molecule is CCC(=O)Nc1ccc(C(=O)CN2C(=O)C(=O)N([C@H]3CCCC[C@@H]3C)C2=O)cc1. The van der Waals surface area contributed by atoms with Gasteiger partial charge in [0, 0.05) is 23.7 Å². The van der Waals surface area contributed by atoms with E-state index in [0.29, 0.717) is 18.5 Å². The van der Waals surface area contributed by atoms with E-state index in [9.17, 15) is 24.0 Å². The molecule has 1 aromatic carbocycles. The average Bonchev–Trinajstić information content (AvgIpc) is 2.92. The van der Waals surface area contributed by atoms with E-state index in [1.165, 1.54) is 12.1 Å². The van der Waals surface area contributed by atoms with Crippen LogP contribution in [-0.4, -0.2) is 51.9 Å². The molecule has 0 radical (unpaired) electrons. The molecule has 29 heavy (non-hydrogen) atoms. The number of anilines is 1. The van der Waals surface area contributed by atoms with Gasteiger partial charge in [-0.3, -0.25) is 24.1 Å². The van der Waals surface area contributed by atoms with Crippen LogP contribution < -0.4 is 5.32 Å². The predicted molar refractivity (Wildman–Crippen MR) is 105 cm³/mol. The fourth-order valence-corrected chi connectivity index (χ4v) is 3.86. The summed E-state index contributed by atoms with van der Waals surface area (Å²) < 4.78 is 0. The number of imide groups is 2. The second-order valence-electron chi connectivity index (χ2n) is 7.58. The number of amides is 5. The fraction of sp³-hybridized carbons (Fsp3) is 0.476. The van der Waals surface area contributed by atoms with Crippen LogP contribution in [0.4, 0.5) is 10.5 Å². The van der Waals surface area contributed by atoms with E-state index >= 15 is 0 Å². The monoisotopic (exact) mass is 399 g/mol. The van der Waals surface area contributed by atoms with Gasteiger partial charge in [-0.15, -0.1) is 0 Å². The van der Waals surface area contributed by atoms with E-state index < -0.39 is 30.2 Å². The van der Waals surface area contributed by atoms with E-state index in [1.54, 1.807) is 19.1 Å². The number of hydrogen-bond donors (Lipinski definition) is 1. The van der Waals surface area contributed by atoms with E-state index in [1.807, 2.05) is 6.92 Å². The Morgan fingerprint density at radius 1 is 1.03 bits per heavy atom. The van der Waals surface area contributed by atoms with Crippen LogP contribution in [0.2, 0.25) is 0 Å². The Balaban J connectivity index is 1.70. The second kappa shape index (κ2) is 8.55. The molecule has 1 saturated carbocycles. The maximum Gasteiger partial charge on any atom is 0.334 e. The van der Waals surface area contributed by atoms with Gasteiger partial charge in [-0.05, 0) is 43.0 Å². The maximum atomic E-state index is 12.8. The molecule has 1 saturated heterocycles. The highest BCUT2D eigenvalue weighted by atomic mass is 16.2. The quantitative estimate of drug-likeness (QED) is 0.450. The molecule has 0 aromatic heterocycles. The van der Waals surface area contributed by atoms with Crippen LogP contribution in [0.15, 0.2) is 24.3 Å². The van der Waals surface area contributed by atoms with E-state index in [2.05, 4.69) is 5.32 Å². The molecule has 3 rings (SSSR count). The topological polar surface area (TPSA) is 104 Å². The lowest BCUT2D eigenvalue weighted by atomic mass is 9.85. The number of Topliss-reactive ketones (excluding diaryl/α,β-unsaturated/α-hetero) is 1. The molecule has 2 fully saturated rings. The molecule has 0 unspecified atom stereocenters. The Morgan fingerprint density at radius 2 is 1.69 bits per heavy atom. The highest BCUT2D eigenvalue weighted by Crippen LogP contribution is 2.31. The Hall–Kier alpha value is -3.03. The largest absolute Gasteiger partial charge is 0.334 e. The number of nitrogens with one attached hydrogen (secondary N) is 1. The Bertz CT molecular complexity index is 848. The minimum absolute atomic E-state index is 0.131. The van der Waals surface area contributed by atoms with Crippen molar-refractivity contribution < 1.29 is 24.0 Å². The smallest absolute Gasteiger partial charge is 0.326 e. The lowest BCUT2D eigenvalue weighted by Gasteiger charge is -2.34. The summed E-state index contributed by atoms with van der Waals surface area (Å²) >= 11 is 0. The van der Waals surface area contributed by atoms with Crippen LogP contribution in [0.25, 0.3) is 0 Å². The Kier molecular flexibility index (Phi) is 6.10. The number of ketones is 1. The van der Waals surface area contributed by atoms with Crippen molar-refractivity contribution >= 4 is 35.2 Å². The molecule has 1 heterocycles. The lowest BCUT2D eigenvalue weighted by Crippen LogP contribution is -2.46. The number of carbonyl (C=O) groups is 5. The predicted octanol–water partition coefficient (Wildman–Crippen LogP) is 2.59. The molecular formula is C21H25N3O5. The summed E-state index contributed by atoms with van der Waals surface area (Å²) in [4.78, 5) is 63.3. The summed E-state index contributed by atoms with van der Waals surface area (Å²) in [6.07, 6.45) is 3.86. The number of hydrogen-bond acceptors (Lipinski definition) is 5. The average molecular weight is 399 g/mol. The van der Waals surface area contributed by atoms with Gasteiger partial charge in [0.15, 0.2) is 5.78 Å². The first-order valence-corrected chi connectivity index (χ1v) is 9.95. The molecule has 154 valence electrons. The van der Waals surface area contributed by atoms with Crippen molar-refractivity contribution in [2.45, 2.75) is 52.0 Å². The highest BCUT2D eigenvalue weighted by Gasteiger charge is 2.49. The number of benzene rings is 1. The van der Waals surface area contributed by atoms with Crippen LogP contribution in [-0.2, 0) is 14.4 Å². The molecule has 5 amide bonds. The van der Waals surface area contributed by atoms with Crippen molar-refractivity contribution in [1.82, 2.24) is 9.80 Å². The van der Waals surface area contributed by atoms with Crippen molar-refractivity contribution in [3.8, 4) is 0 Å². The van der Waals surface area contributed by atoms with Crippen molar-refractivity contribution in [3.05, 3.63) is 29.8 Å². The molecule has 1 aromatic rings. The van der Waals surface area contributed by atoms with Gasteiger partial charge in [0.1, 0.15) is 0 Å². The first kappa shape index (κ1) is 20.7. The molecule has 1 aliphatic heterocycles. The van der Waals surface area contributed by atoms with Crippen LogP contribution in [0, 0.1) is 5.92 Å². The third-order valence-corrected chi connectivity index (χ3v) is 5.60. The molecule has 8 heteroatoms. The molecule has 0 spiro atoms. The van der Waals surface area contributed by atoms with Gasteiger partial charge in [0.05, 0.1) is 6.54 Å². The zero-order valence-electron chi connectivity index (χ0n) is 16.6. The van der Waals surface area contributed by atoms with E-state index in [-0.39, 0.29) is 23.4 Å². The van der Waals surface area contributed by atoms with Crippen LogP contribution in [0.5, 0.6) is 0 Å². The highest BCUT2D eigenvalue weighted by molar-refractivity contribution is 6.45. The molecule has 8 nitrogen and oxygen atoms in total. The van der Waals surface area contributed by atoms with Gasteiger partial charge in [-0.1, -0.05) is 26.7 Å². The summed E-state index contributed by atoms with van der Waals surface area (Å²) in [5.41, 5.74) is 0.839. The van der Waals surface area contributed by atoms with Crippen LogP contribution in [0.1, 0.15) is 56.3 Å². The van der Waals surface area contributed by atoms with Crippen LogP contribution >= 0.6 is 0 Å². The number of urea groups is 1. The molecule has 2 atom stereocenters. The zero-order chi connectivity index (χ0) is 21.1. The van der Waals surface area contributed by atoms with E-state index in [0.717, 1.165) is 29.1 Å². The van der Waals surface area contributed by atoms with E-state index in [4.69, 9.17) is 0 Å². The molecule has 1 aliphatic carbocycles. The van der Waals surface area contributed by atoms with Crippen molar-refractivity contribution in [2.75, 3.05) is 11.9 Å². The summed E-state index contributed by atoms with van der Waals surface area (Å²) in [5, 5.41) is 2.68. The van der Waals surface area contributed by atoms with Gasteiger partial charge >= 0.3 is 17.8 Å². The van der Waals surface area contributed by atoms with Crippen molar-refractivity contribution in [3.63, 3.8) is 0 Å². The Morgan fingerprint density at radius 3 is 2.31 bits per heavy atom. The first-order chi connectivity index (χ1) is 13.8. The number of nitrogens with zero attached hydrogens (tertiary/aromatic N) is 2. The summed E-state index contributed by atoms with van der Waals surface area (Å²) in [6, 6.07) is 5.18. The third kappa shape index (κ3) is 4.21. The second-order valence-corrected chi connectivity index (χ2v) is 7.58. The maximum absolute atomic E-state index is 12.8. The first-order valence-electron chi connectivity index (χ1n) is 9.95. The summed E-state index contributed by atoms with van der Waals surface area (Å²) in [6.45, 7) is 3.22. The summed E-state index contributed by atoms with van der Waals surface area (Å²) in [5.74, 6) is -2.27.